The summed E-state index contributed by atoms with van der Waals surface area (Å²) in [6.07, 6.45) is -2.60. The lowest BCUT2D eigenvalue weighted by atomic mass is 9.99. The molecule has 2 saturated heterocycles. The first kappa shape index (κ1) is 26.3. The van der Waals surface area contributed by atoms with Gasteiger partial charge >= 0.3 is 6.36 Å². The van der Waals surface area contributed by atoms with Gasteiger partial charge in [0.25, 0.3) is 0 Å². The molecule has 3 heterocycles. The second-order valence-electron chi connectivity index (χ2n) is 9.43. The summed E-state index contributed by atoms with van der Waals surface area (Å²) in [7, 11) is 0. The van der Waals surface area contributed by atoms with E-state index in [-0.39, 0.29) is 36.0 Å². The van der Waals surface area contributed by atoms with E-state index >= 15 is 0 Å². The molecule has 2 amide bonds. The van der Waals surface area contributed by atoms with Crippen LogP contribution in [-0.4, -0.2) is 65.6 Å². The van der Waals surface area contributed by atoms with E-state index in [1.165, 1.54) is 24.3 Å². The number of halogens is 3. The third kappa shape index (κ3) is 6.95. The molecule has 2 aliphatic rings. The van der Waals surface area contributed by atoms with Gasteiger partial charge in [0.15, 0.2) is 5.82 Å². The van der Waals surface area contributed by atoms with E-state index in [0.717, 1.165) is 5.82 Å². The Morgan fingerprint density at radius 2 is 1.69 bits per heavy atom. The summed E-state index contributed by atoms with van der Waals surface area (Å²) in [5.41, 5.74) is 1.26. The number of nitrogens with one attached hydrogen (secondary N) is 1. The summed E-state index contributed by atoms with van der Waals surface area (Å²) < 4.78 is 46.8. The average molecular weight is 542 g/mol. The quantitative estimate of drug-likeness (QED) is 0.465. The zero-order valence-electron chi connectivity index (χ0n) is 20.8. The molecule has 39 heavy (non-hydrogen) atoms. The molecule has 2 aromatic carbocycles. The van der Waals surface area contributed by atoms with Crippen LogP contribution in [-0.2, 0) is 16.0 Å². The first-order valence-electron chi connectivity index (χ1n) is 12.4. The predicted molar refractivity (Wildman–Crippen MR) is 135 cm³/mol. The van der Waals surface area contributed by atoms with Crippen molar-refractivity contribution in [3.05, 3.63) is 72.4 Å². The Kier molecular flexibility index (Phi) is 7.53. The highest BCUT2D eigenvalue weighted by molar-refractivity contribution is 5.94. The van der Waals surface area contributed by atoms with E-state index in [4.69, 9.17) is 4.74 Å². The minimum absolute atomic E-state index is 0.0590. The summed E-state index contributed by atoms with van der Waals surface area (Å²) in [6.45, 7) is 2.11. The lowest BCUT2D eigenvalue weighted by Crippen LogP contribution is -2.52. The first-order chi connectivity index (χ1) is 18.7. The van der Waals surface area contributed by atoms with Crippen molar-refractivity contribution in [1.29, 1.82) is 0 Å². The van der Waals surface area contributed by atoms with Gasteiger partial charge in [-0.1, -0.05) is 12.1 Å². The van der Waals surface area contributed by atoms with Crippen LogP contribution in [0.4, 0.5) is 24.7 Å². The zero-order chi connectivity index (χ0) is 27.4. The predicted octanol–water partition coefficient (Wildman–Crippen LogP) is 3.67. The van der Waals surface area contributed by atoms with Gasteiger partial charge in [0.05, 0.1) is 18.9 Å². The van der Waals surface area contributed by atoms with E-state index in [0.29, 0.717) is 49.6 Å². The third-order valence-corrected chi connectivity index (χ3v) is 6.57. The second-order valence-corrected chi connectivity index (χ2v) is 9.43. The molecule has 1 aromatic heterocycles. The van der Waals surface area contributed by atoms with Crippen molar-refractivity contribution in [1.82, 2.24) is 15.1 Å². The van der Waals surface area contributed by atoms with E-state index in [9.17, 15) is 22.8 Å². The number of anilines is 2. The molecule has 0 radical (unpaired) electrons. The summed E-state index contributed by atoms with van der Waals surface area (Å²) in [4.78, 5) is 28.9. The second kappa shape index (κ2) is 11.2. The number of carbonyl (C=O) groups excluding carboxylic acids is 2. The van der Waals surface area contributed by atoms with Crippen LogP contribution in [0.3, 0.4) is 0 Å². The van der Waals surface area contributed by atoms with Crippen molar-refractivity contribution in [2.24, 2.45) is 5.92 Å². The highest BCUT2D eigenvalue weighted by atomic mass is 19.4. The smallest absolute Gasteiger partial charge is 0.489 e. The maximum Gasteiger partial charge on any atom is 0.573 e. The zero-order valence-corrected chi connectivity index (χ0v) is 20.8. The van der Waals surface area contributed by atoms with Crippen molar-refractivity contribution < 1.29 is 32.2 Å². The van der Waals surface area contributed by atoms with Crippen LogP contribution < -0.4 is 19.7 Å². The minimum atomic E-state index is -4.76. The molecule has 0 unspecified atom stereocenters. The van der Waals surface area contributed by atoms with Crippen molar-refractivity contribution >= 4 is 23.3 Å². The number of hydrogen-bond acceptors (Lipinski definition) is 7. The molecular weight excluding hydrogens is 515 g/mol. The molecule has 12 heteroatoms. The summed E-state index contributed by atoms with van der Waals surface area (Å²) in [5.74, 6) is 0.741. The largest absolute Gasteiger partial charge is 0.573 e. The van der Waals surface area contributed by atoms with Crippen molar-refractivity contribution in [2.45, 2.75) is 25.3 Å². The van der Waals surface area contributed by atoms with Crippen LogP contribution in [0.15, 0.2) is 66.9 Å². The summed E-state index contributed by atoms with van der Waals surface area (Å²) in [6, 6.07) is 16.0. The standard InChI is InChI=1S/C27H26F3N5O4/c28-27(29,30)39-22-7-3-18(4-8-22)14-25(36)34-13-11-23(17-34)38-21-9-5-20(6-10-21)32-26(37)19-15-35(16-19)24-2-1-12-31-33-24/h1-10,12,19,23H,11,13-17H2,(H,32,37)/t23-/m1/s1. The van der Waals surface area contributed by atoms with Gasteiger partial charge in [-0.05, 0) is 54.1 Å². The number of hydrogen-bond donors (Lipinski definition) is 1. The number of aromatic nitrogens is 2. The average Bonchev–Trinajstić information content (AvgIpc) is 3.34. The van der Waals surface area contributed by atoms with Crippen LogP contribution in [0.2, 0.25) is 0 Å². The molecule has 9 nitrogen and oxygen atoms in total. The van der Waals surface area contributed by atoms with Crippen molar-refractivity contribution in [3.8, 4) is 11.5 Å². The van der Waals surface area contributed by atoms with Gasteiger partial charge in [0.2, 0.25) is 11.8 Å². The number of nitrogens with zero attached hydrogens (tertiary/aromatic N) is 4. The molecular formula is C27H26F3N5O4. The number of carbonyl (C=O) groups is 2. The van der Waals surface area contributed by atoms with Crippen molar-refractivity contribution in [2.75, 3.05) is 36.4 Å². The Labute approximate surface area is 222 Å². The lowest BCUT2D eigenvalue weighted by molar-refractivity contribution is -0.274. The highest BCUT2D eigenvalue weighted by Gasteiger charge is 2.34. The molecule has 1 atom stereocenters. The van der Waals surface area contributed by atoms with Crippen molar-refractivity contribution in [3.63, 3.8) is 0 Å². The molecule has 5 rings (SSSR count). The van der Waals surface area contributed by atoms with Crippen LogP contribution >= 0.6 is 0 Å². The maximum atomic E-state index is 12.7. The lowest BCUT2D eigenvalue weighted by Gasteiger charge is -2.38. The molecule has 204 valence electrons. The Hall–Kier alpha value is -4.35. The Bertz CT molecular complexity index is 1280. The van der Waals surface area contributed by atoms with E-state index in [1.807, 2.05) is 17.0 Å². The fraction of sp³-hybridized carbons (Fsp3) is 0.333. The molecule has 3 aromatic rings. The summed E-state index contributed by atoms with van der Waals surface area (Å²) >= 11 is 0. The Morgan fingerprint density at radius 1 is 0.974 bits per heavy atom. The highest BCUT2D eigenvalue weighted by Crippen LogP contribution is 2.26. The third-order valence-electron chi connectivity index (χ3n) is 6.57. The van der Waals surface area contributed by atoms with Gasteiger partial charge in [0, 0.05) is 37.9 Å². The summed E-state index contributed by atoms with van der Waals surface area (Å²) in [5, 5.41) is 10.8. The minimum Gasteiger partial charge on any atom is -0.489 e. The number of amides is 2. The van der Waals surface area contributed by atoms with Gasteiger partial charge in [0.1, 0.15) is 17.6 Å². The monoisotopic (exact) mass is 541 g/mol. The van der Waals surface area contributed by atoms with Gasteiger partial charge in [-0.15, -0.1) is 18.3 Å². The molecule has 0 saturated carbocycles. The Balaban J connectivity index is 1.05. The fourth-order valence-electron chi connectivity index (χ4n) is 4.49. The number of benzene rings is 2. The topological polar surface area (TPSA) is 96.9 Å². The number of likely N-dealkylation sites (tertiary alicyclic amines) is 1. The molecule has 0 spiro atoms. The molecule has 0 bridgehead atoms. The van der Waals surface area contributed by atoms with Crippen LogP contribution in [0.5, 0.6) is 11.5 Å². The van der Waals surface area contributed by atoms with Gasteiger partial charge in [-0.25, -0.2) is 0 Å². The van der Waals surface area contributed by atoms with Crippen LogP contribution in [0, 0.1) is 5.92 Å². The molecule has 2 aliphatic heterocycles. The van der Waals surface area contributed by atoms with Gasteiger partial charge < -0.3 is 24.6 Å². The maximum absolute atomic E-state index is 12.7. The fourth-order valence-corrected chi connectivity index (χ4v) is 4.49. The molecule has 0 aliphatic carbocycles. The van der Waals surface area contributed by atoms with E-state index in [2.05, 4.69) is 20.3 Å². The number of ether oxygens (including phenoxy) is 2. The number of alkyl halides is 3. The molecule has 2 fully saturated rings. The van der Waals surface area contributed by atoms with E-state index in [1.54, 1.807) is 35.4 Å². The normalized spacial score (nSPS) is 17.5. The Morgan fingerprint density at radius 3 is 2.36 bits per heavy atom. The van der Waals surface area contributed by atoms with Gasteiger partial charge in [-0.3, -0.25) is 9.59 Å². The number of rotatable bonds is 8. The van der Waals surface area contributed by atoms with Gasteiger partial charge in [-0.2, -0.15) is 5.10 Å². The first-order valence-corrected chi connectivity index (χ1v) is 12.4. The molecule has 1 N–H and O–H groups in total. The van der Waals surface area contributed by atoms with Crippen LogP contribution in [0.1, 0.15) is 12.0 Å². The SMILES string of the molecule is O=C(Nc1ccc(O[C@@H]2CCN(C(=O)Cc3ccc(OC(F)(F)F)cc3)C2)cc1)C1CN(c2cccnn2)C1. The van der Waals surface area contributed by atoms with E-state index < -0.39 is 6.36 Å². The van der Waals surface area contributed by atoms with Crippen LogP contribution in [0.25, 0.3) is 0 Å².